The summed E-state index contributed by atoms with van der Waals surface area (Å²) < 4.78 is 24.9. The van der Waals surface area contributed by atoms with Crippen LogP contribution in [0.25, 0.3) is 22.2 Å². The minimum Gasteiger partial charge on any atom is -0.379 e. The number of benzene rings is 2. The number of hydrogen-bond acceptors (Lipinski definition) is 6. The molecule has 0 atom stereocenters. The molecule has 35 heavy (non-hydrogen) atoms. The summed E-state index contributed by atoms with van der Waals surface area (Å²) in [4.78, 5) is 22.5. The summed E-state index contributed by atoms with van der Waals surface area (Å²) in [6.45, 7) is 8.75. The Hall–Kier alpha value is -2.91. The first-order valence-electron chi connectivity index (χ1n) is 12.2. The molecule has 1 amide bonds. The summed E-state index contributed by atoms with van der Waals surface area (Å²) in [5.74, 6) is -0.608. The molecule has 0 unspecified atom stereocenters. The highest BCUT2D eigenvalue weighted by Crippen LogP contribution is 2.26. The van der Waals surface area contributed by atoms with Crippen molar-refractivity contribution in [3.63, 3.8) is 0 Å². The van der Waals surface area contributed by atoms with Gasteiger partial charge in [0.2, 0.25) is 0 Å². The quantitative estimate of drug-likeness (QED) is 0.563. The van der Waals surface area contributed by atoms with E-state index in [4.69, 9.17) is 14.5 Å². The summed E-state index contributed by atoms with van der Waals surface area (Å²) in [6.07, 6.45) is 0. The number of carbonyl (C=O) groups excluding carboxylic acids is 1. The standard InChI is InChI=1S/C27H31FN4O3/c28-22-5-6-25-23(17-22)24(27(33)29-7-8-31-9-13-34-14-10-31)18-26(30-25)21-3-1-20(2-4-21)19-32-11-15-35-16-12-32/h1-6,17-18H,7-16,19H2,(H,29,33). The van der Waals surface area contributed by atoms with Crippen molar-refractivity contribution in [2.45, 2.75) is 6.54 Å². The van der Waals surface area contributed by atoms with Gasteiger partial charge in [0.05, 0.1) is 43.2 Å². The number of nitrogens with one attached hydrogen (secondary N) is 1. The molecule has 2 aliphatic heterocycles. The molecule has 0 saturated carbocycles. The van der Waals surface area contributed by atoms with E-state index in [-0.39, 0.29) is 11.7 Å². The van der Waals surface area contributed by atoms with E-state index < -0.39 is 0 Å². The Morgan fingerprint density at radius 3 is 2.31 bits per heavy atom. The molecular formula is C27H31FN4O3. The second kappa shape index (κ2) is 11.2. The van der Waals surface area contributed by atoms with Crippen molar-refractivity contribution in [2.75, 3.05) is 65.7 Å². The summed E-state index contributed by atoms with van der Waals surface area (Å²) in [5, 5.41) is 3.52. The van der Waals surface area contributed by atoms with Crippen molar-refractivity contribution in [2.24, 2.45) is 0 Å². The van der Waals surface area contributed by atoms with Gasteiger partial charge in [0.15, 0.2) is 0 Å². The van der Waals surface area contributed by atoms with Crippen LogP contribution < -0.4 is 5.32 Å². The van der Waals surface area contributed by atoms with E-state index in [1.54, 1.807) is 12.1 Å². The van der Waals surface area contributed by atoms with Gasteiger partial charge < -0.3 is 14.8 Å². The largest absolute Gasteiger partial charge is 0.379 e. The second-order valence-corrected chi connectivity index (χ2v) is 9.01. The number of amides is 1. The minimum absolute atomic E-state index is 0.221. The predicted octanol–water partition coefficient (Wildman–Crippen LogP) is 2.94. The molecule has 2 aliphatic rings. The van der Waals surface area contributed by atoms with Crippen molar-refractivity contribution in [1.29, 1.82) is 0 Å². The number of nitrogens with zero attached hydrogens (tertiary/aromatic N) is 3. The smallest absolute Gasteiger partial charge is 0.252 e. The Labute approximate surface area is 204 Å². The van der Waals surface area contributed by atoms with Gasteiger partial charge in [0, 0.05) is 56.8 Å². The SMILES string of the molecule is O=C(NCCN1CCOCC1)c1cc(-c2ccc(CN3CCOCC3)cc2)nc2ccc(F)cc12. The Balaban J connectivity index is 1.34. The molecule has 7 nitrogen and oxygen atoms in total. The molecule has 8 heteroatoms. The van der Waals surface area contributed by atoms with Crippen molar-refractivity contribution < 1.29 is 18.7 Å². The van der Waals surface area contributed by atoms with Gasteiger partial charge in [0.1, 0.15) is 5.82 Å². The predicted molar refractivity (Wildman–Crippen MR) is 133 cm³/mol. The number of pyridine rings is 1. The lowest BCUT2D eigenvalue weighted by molar-refractivity contribution is 0.0342. The second-order valence-electron chi connectivity index (χ2n) is 9.01. The van der Waals surface area contributed by atoms with Gasteiger partial charge in [-0.2, -0.15) is 0 Å². The topological polar surface area (TPSA) is 66.9 Å². The van der Waals surface area contributed by atoms with Crippen molar-refractivity contribution in [3.8, 4) is 11.3 Å². The zero-order valence-electron chi connectivity index (χ0n) is 19.8. The van der Waals surface area contributed by atoms with Gasteiger partial charge in [-0.05, 0) is 29.8 Å². The monoisotopic (exact) mass is 478 g/mol. The Morgan fingerprint density at radius 1 is 0.914 bits per heavy atom. The molecular weight excluding hydrogens is 447 g/mol. The Morgan fingerprint density at radius 2 is 1.60 bits per heavy atom. The molecule has 5 rings (SSSR count). The van der Waals surface area contributed by atoms with E-state index in [1.807, 2.05) is 12.1 Å². The average molecular weight is 479 g/mol. The number of aromatic nitrogens is 1. The molecule has 0 radical (unpaired) electrons. The van der Waals surface area contributed by atoms with E-state index in [2.05, 4.69) is 27.2 Å². The van der Waals surface area contributed by atoms with Crippen LogP contribution in [0.15, 0.2) is 48.5 Å². The summed E-state index contributed by atoms with van der Waals surface area (Å²) in [6, 6.07) is 14.4. The summed E-state index contributed by atoms with van der Waals surface area (Å²) >= 11 is 0. The maximum atomic E-state index is 14.0. The summed E-state index contributed by atoms with van der Waals surface area (Å²) in [7, 11) is 0. The van der Waals surface area contributed by atoms with Crippen LogP contribution in [-0.4, -0.2) is 86.4 Å². The first kappa shape index (κ1) is 23.8. The van der Waals surface area contributed by atoms with E-state index in [0.29, 0.717) is 28.7 Å². The lowest BCUT2D eigenvalue weighted by atomic mass is 10.0. The molecule has 1 N–H and O–H groups in total. The maximum absolute atomic E-state index is 14.0. The number of fused-ring (bicyclic) bond motifs is 1. The molecule has 184 valence electrons. The van der Waals surface area contributed by atoms with Crippen LogP contribution in [0.1, 0.15) is 15.9 Å². The highest BCUT2D eigenvalue weighted by molar-refractivity contribution is 6.07. The highest BCUT2D eigenvalue weighted by atomic mass is 19.1. The molecule has 3 aromatic rings. The lowest BCUT2D eigenvalue weighted by Gasteiger charge is -2.26. The van der Waals surface area contributed by atoms with Gasteiger partial charge in [0.25, 0.3) is 5.91 Å². The van der Waals surface area contributed by atoms with Gasteiger partial charge in [-0.25, -0.2) is 9.37 Å². The van der Waals surface area contributed by atoms with Crippen LogP contribution in [0.3, 0.4) is 0 Å². The third-order valence-corrected chi connectivity index (χ3v) is 6.59. The van der Waals surface area contributed by atoms with E-state index in [0.717, 1.165) is 71.3 Å². The number of halogens is 1. The van der Waals surface area contributed by atoms with Crippen LogP contribution in [0.2, 0.25) is 0 Å². The summed E-state index contributed by atoms with van der Waals surface area (Å²) in [5.41, 5.74) is 3.87. The van der Waals surface area contributed by atoms with Gasteiger partial charge >= 0.3 is 0 Å². The third kappa shape index (κ3) is 6.02. The molecule has 3 heterocycles. The number of morpholine rings is 2. The fourth-order valence-electron chi connectivity index (χ4n) is 4.58. The van der Waals surface area contributed by atoms with Gasteiger partial charge in [-0.1, -0.05) is 24.3 Å². The van der Waals surface area contributed by atoms with Crippen molar-refractivity contribution in [1.82, 2.24) is 20.1 Å². The van der Waals surface area contributed by atoms with E-state index in [9.17, 15) is 9.18 Å². The number of rotatable bonds is 7. The van der Waals surface area contributed by atoms with Gasteiger partial charge in [-0.3, -0.25) is 14.6 Å². The van der Waals surface area contributed by atoms with E-state index in [1.165, 1.54) is 17.7 Å². The first-order chi connectivity index (χ1) is 17.2. The molecule has 2 aromatic carbocycles. The minimum atomic E-state index is -0.387. The van der Waals surface area contributed by atoms with Crippen LogP contribution in [0.4, 0.5) is 4.39 Å². The molecule has 1 aromatic heterocycles. The first-order valence-corrected chi connectivity index (χ1v) is 12.2. The Kier molecular flexibility index (Phi) is 7.63. The molecule has 2 saturated heterocycles. The molecule has 0 spiro atoms. The number of carbonyl (C=O) groups is 1. The van der Waals surface area contributed by atoms with Crippen molar-refractivity contribution >= 4 is 16.8 Å². The third-order valence-electron chi connectivity index (χ3n) is 6.59. The molecule has 0 aliphatic carbocycles. The maximum Gasteiger partial charge on any atom is 0.252 e. The van der Waals surface area contributed by atoms with Crippen molar-refractivity contribution in [3.05, 3.63) is 65.5 Å². The van der Waals surface area contributed by atoms with Crippen LogP contribution in [-0.2, 0) is 16.0 Å². The van der Waals surface area contributed by atoms with Crippen LogP contribution in [0.5, 0.6) is 0 Å². The van der Waals surface area contributed by atoms with Crippen LogP contribution in [0, 0.1) is 5.82 Å². The zero-order valence-corrected chi connectivity index (χ0v) is 19.8. The number of hydrogen-bond donors (Lipinski definition) is 1. The van der Waals surface area contributed by atoms with Gasteiger partial charge in [-0.15, -0.1) is 0 Å². The van der Waals surface area contributed by atoms with E-state index >= 15 is 0 Å². The zero-order chi connectivity index (χ0) is 24.0. The lowest BCUT2D eigenvalue weighted by Crippen LogP contribution is -2.41. The Bertz CT molecular complexity index is 1160. The fraction of sp³-hybridized carbons (Fsp3) is 0.407. The number of ether oxygens (including phenoxy) is 2. The van der Waals surface area contributed by atoms with Crippen LogP contribution >= 0.6 is 0 Å². The molecule has 0 bridgehead atoms. The fourth-order valence-corrected chi connectivity index (χ4v) is 4.58. The normalized spacial score (nSPS) is 17.5. The average Bonchev–Trinajstić information content (AvgIpc) is 2.90. The highest BCUT2D eigenvalue weighted by Gasteiger charge is 2.16. The molecule has 2 fully saturated rings.